The van der Waals surface area contributed by atoms with E-state index in [4.69, 9.17) is 14.2 Å². The lowest BCUT2D eigenvalue weighted by atomic mass is 9.77. The normalized spacial score (nSPS) is 21.7. The Balaban J connectivity index is 2.07. The summed E-state index contributed by atoms with van der Waals surface area (Å²) < 4.78 is 17.2. The van der Waals surface area contributed by atoms with Gasteiger partial charge in [-0.15, -0.1) is 0 Å². The number of Topliss-reactive ketones (excluding diaryl/α,β-unsaturated/α-hetero) is 1. The van der Waals surface area contributed by atoms with Crippen LogP contribution in [-0.4, -0.2) is 95.6 Å². The van der Waals surface area contributed by atoms with E-state index >= 15 is 0 Å². The van der Waals surface area contributed by atoms with E-state index < -0.39 is 41.8 Å². The van der Waals surface area contributed by atoms with Crippen LogP contribution in [0.3, 0.4) is 0 Å². The first kappa shape index (κ1) is 29.6. The second kappa shape index (κ2) is 13.2. The third kappa shape index (κ3) is 6.17. The first-order valence-electron chi connectivity index (χ1n) is 12.9. The Bertz CT molecular complexity index is 1060. The van der Waals surface area contributed by atoms with Crippen molar-refractivity contribution in [2.75, 3.05) is 33.4 Å². The van der Waals surface area contributed by atoms with E-state index in [1.807, 2.05) is 13.8 Å². The van der Waals surface area contributed by atoms with Crippen LogP contribution in [0.5, 0.6) is 11.5 Å². The molecule has 0 fully saturated rings. The number of ketones is 1. The number of methoxy groups -OCH3 is 1. The average Bonchev–Trinajstić information content (AvgIpc) is 3.31. The SMILES string of the molecule is CCC(=O)C(=O)N(CCCOC(C)C)C1C=C(C(=O)NCCO)C2c3cc(CO)cc(OC)c3OC2C1O. The summed E-state index contributed by atoms with van der Waals surface area (Å²) in [4.78, 5) is 40.2. The summed E-state index contributed by atoms with van der Waals surface area (Å²) in [5, 5.41) is 33.2. The Labute approximate surface area is 222 Å². The highest BCUT2D eigenvalue weighted by Gasteiger charge is 2.51. The summed E-state index contributed by atoms with van der Waals surface area (Å²) >= 11 is 0. The second-order valence-corrected chi connectivity index (χ2v) is 9.57. The number of ether oxygens (including phenoxy) is 3. The van der Waals surface area contributed by atoms with Crippen molar-refractivity contribution in [2.45, 2.75) is 70.5 Å². The van der Waals surface area contributed by atoms with Crippen molar-refractivity contribution in [1.82, 2.24) is 10.2 Å². The molecule has 3 rings (SSSR count). The van der Waals surface area contributed by atoms with Crippen LogP contribution in [0.2, 0.25) is 0 Å². The molecule has 1 heterocycles. The van der Waals surface area contributed by atoms with Crippen molar-refractivity contribution in [3.8, 4) is 11.5 Å². The lowest BCUT2D eigenvalue weighted by Crippen LogP contribution is -2.57. The van der Waals surface area contributed by atoms with E-state index in [2.05, 4.69) is 5.32 Å². The van der Waals surface area contributed by atoms with Crippen LogP contribution in [0.4, 0.5) is 0 Å². The number of rotatable bonds is 13. The highest BCUT2D eigenvalue weighted by molar-refractivity contribution is 6.36. The zero-order valence-electron chi connectivity index (χ0n) is 22.3. The predicted octanol–water partition coefficient (Wildman–Crippen LogP) is 0.433. The van der Waals surface area contributed by atoms with Crippen molar-refractivity contribution in [2.24, 2.45) is 0 Å². The maximum absolute atomic E-state index is 13.3. The number of carbonyl (C=O) groups excluding carboxylic acids is 3. The van der Waals surface area contributed by atoms with Gasteiger partial charge in [0, 0.05) is 37.3 Å². The standard InChI is InChI=1S/C27H38N2O9/c1-5-20(32)27(35)29(8-6-10-37-15(2)3)19-13-18(26(34)28-7-9-30)22-17-11-16(14-31)12-21(36-4)24(17)38-25(22)23(19)33/h11-13,15,19,22-23,25,30-31,33H,5-10,14H2,1-4H3,(H,28,34). The van der Waals surface area contributed by atoms with Gasteiger partial charge in [-0.05, 0) is 44.0 Å². The third-order valence-corrected chi connectivity index (χ3v) is 6.67. The Hall–Kier alpha value is -2.99. The van der Waals surface area contributed by atoms with Crippen LogP contribution in [0.1, 0.15) is 50.7 Å². The molecule has 0 saturated heterocycles. The highest BCUT2D eigenvalue weighted by Crippen LogP contribution is 2.51. The van der Waals surface area contributed by atoms with Crippen LogP contribution < -0.4 is 14.8 Å². The van der Waals surface area contributed by atoms with Crippen LogP contribution in [0.15, 0.2) is 23.8 Å². The molecule has 0 aromatic heterocycles. The van der Waals surface area contributed by atoms with Crippen molar-refractivity contribution in [3.05, 3.63) is 34.9 Å². The number of aliphatic hydroxyl groups excluding tert-OH is 3. The largest absolute Gasteiger partial charge is 0.493 e. The molecule has 1 aromatic rings. The Kier molecular flexibility index (Phi) is 10.3. The molecule has 1 aliphatic carbocycles. The summed E-state index contributed by atoms with van der Waals surface area (Å²) in [6, 6.07) is 2.26. The molecule has 1 aromatic carbocycles. The first-order chi connectivity index (χ1) is 18.2. The lowest BCUT2D eigenvalue weighted by molar-refractivity contribution is -0.148. The predicted molar refractivity (Wildman–Crippen MR) is 137 cm³/mol. The van der Waals surface area contributed by atoms with Gasteiger partial charge in [0.25, 0.3) is 5.91 Å². The molecule has 1 aliphatic heterocycles. The molecule has 0 saturated carbocycles. The van der Waals surface area contributed by atoms with Crippen LogP contribution in [0, 0.1) is 0 Å². The molecule has 2 amide bonds. The van der Waals surface area contributed by atoms with Gasteiger partial charge in [-0.3, -0.25) is 14.4 Å². The Morgan fingerprint density at radius 2 is 1.95 bits per heavy atom. The molecule has 210 valence electrons. The van der Waals surface area contributed by atoms with E-state index in [9.17, 15) is 29.7 Å². The number of aliphatic hydroxyl groups is 3. The minimum absolute atomic E-state index is 0.00198. The molecular weight excluding hydrogens is 496 g/mol. The summed E-state index contributed by atoms with van der Waals surface area (Å²) in [5.74, 6) is -1.96. The maximum Gasteiger partial charge on any atom is 0.290 e. The molecule has 38 heavy (non-hydrogen) atoms. The topological polar surface area (TPSA) is 155 Å². The van der Waals surface area contributed by atoms with Crippen molar-refractivity contribution in [3.63, 3.8) is 0 Å². The van der Waals surface area contributed by atoms with E-state index in [-0.39, 0.29) is 44.4 Å². The first-order valence-corrected chi connectivity index (χ1v) is 12.9. The number of benzene rings is 1. The highest BCUT2D eigenvalue weighted by atomic mass is 16.5. The fraction of sp³-hybridized carbons (Fsp3) is 0.593. The number of amides is 2. The molecule has 0 bridgehead atoms. The van der Waals surface area contributed by atoms with Crippen molar-refractivity contribution >= 4 is 17.6 Å². The van der Waals surface area contributed by atoms with Gasteiger partial charge in [0.05, 0.1) is 38.4 Å². The van der Waals surface area contributed by atoms with Gasteiger partial charge < -0.3 is 39.7 Å². The van der Waals surface area contributed by atoms with E-state index in [1.54, 1.807) is 19.1 Å². The number of hydrogen-bond donors (Lipinski definition) is 4. The summed E-state index contributed by atoms with van der Waals surface area (Å²) in [7, 11) is 1.45. The average molecular weight is 535 g/mol. The minimum atomic E-state index is -1.29. The summed E-state index contributed by atoms with van der Waals surface area (Å²) in [6.45, 7) is 5.26. The third-order valence-electron chi connectivity index (χ3n) is 6.67. The Morgan fingerprint density at radius 1 is 1.21 bits per heavy atom. The fourth-order valence-electron chi connectivity index (χ4n) is 4.87. The van der Waals surface area contributed by atoms with Gasteiger partial charge in [0.1, 0.15) is 12.2 Å². The zero-order chi connectivity index (χ0) is 28.0. The smallest absolute Gasteiger partial charge is 0.290 e. The van der Waals surface area contributed by atoms with Gasteiger partial charge in [0.15, 0.2) is 11.5 Å². The number of fused-ring (bicyclic) bond motifs is 3. The van der Waals surface area contributed by atoms with Crippen LogP contribution >= 0.6 is 0 Å². The number of nitrogens with zero attached hydrogens (tertiary/aromatic N) is 1. The van der Waals surface area contributed by atoms with Crippen LogP contribution in [0.25, 0.3) is 0 Å². The minimum Gasteiger partial charge on any atom is -0.493 e. The zero-order valence-corrected chi connectivity index (χ0v) is 22.3. The summed E-state index contributed by atoms with van der Waals surface area (Å²) in [5.41, 5.74) is 1.30. The van der Waals surface area contributed by atoms with Gasteiger partial charge in [0.2, 0.25) is 11.7 Å². The maximum atomic E-state index is 13.3. The van der Waals surface area contributed by atoms with Gasteiger partial charge >= 0.3 is 0 Å². The van der Waals surface area contributed by atoms with E-state index in [0.29, 0.717) is 35.7 Å². The molecule has 2 aliphatic rings. The van der Waals surface area contributed by atoms with E-state index in [0.717, 1.165) is 0 Å². The van der Waals surface area contributed by atoms with Crippen molar-refractivity contribution in [1.29, 1.82) is 0 Å². The fourth-order valence-corrected chi connectivity index (χ4v) is 4.87. The molecule has 0 spiro atoms. The number of hydrogen-bond acceptors (Lipinski definition) is 9. The molecule has 0 radical (unpaired) electrons. The van der Waals surface area contributed by atoms with Gasteiger partial charge in [-0.25, -0.2) is 0 Å². The molecular formula is C27H38N2O9. The summed E-state index contributed by atoms with van der Waals surface area (Å²) in [6.07, 6.45) is -0.376. The quantitative estimate of drug-likeness (QED) is 0.208. The number of carbonyl (C=O) groups is 3. The Morgan fingerprint density at radius 3 is 2.55 bits per heavy atom. The van der Waals surface area contributed by atoms with Crippen LogP contribution in [-0.2, 0) is 25.7 Å². The molecule has 4 unspecified atom stereocenters. The number of nitrogens with one attached hydrogen (secondary N) is 1. The molecule has 11 nitrogen and oxygen atoms in total. The van der Waals surface area contributed by atoms with Gasteiger partial charge in [-0.2, -0.15) is 0 Å². The lowest BCUT2D eigenvalue weighted by Gasteiger charge is -2.40. The molecule has 4 atom stereocenters. The van der Waals surface area contributed by atoms with Gasteiger partial charge in [-0.1, -0.05) is 6.92 Å². The molecule has 11 heteroatoms. The van der Waals surface area contributed by atoms with Crippen molar-refractivity contribution < 1.29 is 43.9 Å². The second-order valence-electron chi connectivity index (χ2n) is 9.57. The monoisotopic (exact) mass is 534 g/mol. The molecule has 4 N–H and O–H groups in total. The van der Waals surface area contributed by atoms with E-state index in [1.165, 1.54) is 18.1 Å².